The molecule has 27 heavy (non-hydrogen) atoms. The second-order valence-electron chi connectivity index (χ2n) is 5.82. The monoisotopic (exact) mass is 359 g/mol. The van der Waals surface area contributed by atoms with E-state index in [0.29, 0.717) is 17.7 Å². The average Bonchev–Trinajstić information content (AvgIpc) is 2.72. The fraction of sp³-hybridized carbons (Fsp3) is 0.0476. The number of nitro benzene ring substituents is 1. The molecule has 3 aromatic rings. The van der Waals surface area contributed by atoms with Crippen LogP contribution < -0.4 is 5.32 Å². The zero-order valence-corrected chi connectivity index (χ0v) is 14.4. The summed E-state index contributed by atoms with van der Waals surface area (Å²) in [5.41, 5.74) is 2.60. The lowest BCUT2D eigenvalue weighted by Gasteiger charge is -2.10. The number of carbonyl (C=O) groups excluding carboxylic acids is 1. The van der Waals surface area contributed by atoms with Crippen LogP contribution in [0.25, 0.3) is 11.6 Å². The maximum absolute atomic E-state index is 12.8. The minimum atomic E-state index is -0.456. The number of hydrogen-bond acceptors (Lipinski definition) is 4. The van der Waals surface area contributed by atoms with E-state index in [2.05, 4.69) is 10.3 Å². The molecule has 3 rings (SSSR count). The van der Waals surface area contributed by atoms with Crippen molar-refractivity contribution in [3.63, 3.8) is 0 Å². The molecule has 0 aliphatic carbocycles. The number of pyridine rings is 1. The number of nitro groups is 1. The van der Waals surface area contributed by atoms with Gasteiger partial charge in [0.15, 0.2) is 0 Å². The lowest BCUT2D eigenvalue weighted by Crippen LogP contribution is -2.23. The molecule has 0 saturated carbocycles. The van der Waals surface area contributed by atoms with E-state index in [0.717, 1.165) is 11.1 Å². The number of benzene rings is 2. The van der Waals surface area contributed by atoms with E-state index in [4.69, 9.17) is 0 Å². The highest BCUT2D eigenvalue weighted by atomic mass is 16.6. The SMILES string of the molecule is O=C(NCc1cccnc1)/C(=C/c1cccc([N+](=O)[O-])c1)c1ccccc1. The van der Waals surface area contributed by atoms with E-state index in [9.17, 15) is 14.9 Å². The first-order valence-electron chi connectivity index (χ1n) is 8.32. The van der Waals surface area contributed by atoms with Gasteiger partial charge in [-0.25, -0.2) is 0 Å². The molecule has 1 amide bonds. The summed E-state index contributed by atoms with van der Waals surface area (Å²) in [6, 6.07) is 19.1. The Bertz CT molecular complexity index is 970. The van der Waals surface area contributed by atoms with Gasteiger partial charge in [0, 0.05) is 36.6 Å². The second kappa shape index (κ2) is 8.53. The molecule has 0 unspecified atom stereocenters. The van der Waals surface area contributed by atoms with Crippen LogP contribution in [0.4, 0.5) is 5.69 Å². The summed E-state index contributed by atoms with van der Waals surface area (Å²) in [6.07, 6.45) is 5.01. The fourth-order valence-corrected chi connectivity index (χ4v) is 2.57. The molecule has 0 spiro atoms. The molecular formula is C21H17N3O3. The standard InChI is InChI=1S/C21H17N3O3/c25-21(23-15-17-7-5-11-22-14-17)20(18-8-2-1-3-9-18)13-16-6-4-10-19(12-16)24(26)27/h1-14H,15H2,(H,23,25)/b20-13+. The third kappa shape index (κ3) is 4.85. The number of carbonyl (C=O) groups is 1. The van der Waals surface area contributed by atoms with Crippen LogP contribution in [-0.2, 0) is 11.3 Å². The number of nitrogens with zero attached hydrogens (tertiary/aromatic N) is 2. The van der Waals surface area contributed by atoms with E-state index >= 15 is 0 Å². The molecular weight excluding hydrogens is 342 g/mol. The van der Waals surface area contributed by atoms with Gasteiger partial charge in [0.05, 0.1) is 4.92 Å². The third-order valence-electron chi connectivity index (χ3n) is 3.90. The number of aromatic nitrogens is 1. The Kier molecular flexibility index (Phi) is 5.69. The topological polar surface area (TPSA) is 85.1 Å². The predicted molar refractivity (Wildman–Crippen MR) is 103 cm³/mol. The number of non-ortho nitro benzene ring substituents is 1. The number of hydrogen-bond donors (Lipinski definition) is 1. The van der Waals surface area contributed by atoms with Crippen LogP contribution >= 0.6 is 0 Å². The highest BCUT2D eigenvalue weighted by Gasteiger charge is 2.13. The minimum absolute atomic E-state index is 0.0214. The molecule has 0 aliphatic rings. The fourth-order valence-electron chi connectivity index (χ4n) is 2.57. The summed E-state index contributed by atoms with van der Waals surface area (Å²) in [6.45, 7) is 0.339. The molecule has 0 saturated heterocycles. The van der Waals surface area contributed by atoms with Gasteiger partial charge in [-0.2, -0.15) is 0 Å². The van der Waals surface area contributed by atoms with E-state index in [1.807, 2.05) is 36.4 Å². The quantitative estimate of drug-likeness (QED) is 0.313. The summed E-state index contributed by atoms with van der Waals surface area (Å²) in [4.78, 5) is 27.4. The van der Waals surface area contributed by atoms with Crippen molar-refractivity contribution in [3.05, 3.63) is 106 Å². The van der Waals surface area contributed by atoms with E-state index in [-0.39, 0.29) is 11.6 Å². The van der Waals surface area contributed by atoms with Crippen LogP contribution in [0.15, 0.2) is 79.1 Å². The smallest absolute Gasteiger partial charge is 0.270 e. The zero-order valence-electron chi connectivity index (χ0n) is 14.4. The summed E-state index contributed by atoms with van der Waals surface area (Å²) in [7, 11) is 0. The molecule has 6 nitrogen and oxygen atoms in total. The maximum atomic E-state index is 12.8. The normalized spacial score (nSPS) is 11.0. The summed E-state index contributed by atoms with van der Waals surface area (Å²) in [5.74, 6) is -0.267. The number of rotatable bonds is 6. The van der Waals surface area contributed by atoms with Crippen molar-refractivity contribution >= 4 is 23.2 Å². The highest BCUT2D eigenvalue weighted by molar-refractivity contribution is 6.24. The van der Waals surface area contributed by atoms with Gasteiger partial charge >= 0.3 is 0 Å². The van der Waals surface area contributed by atoms with Crippen LogP contribution in [0.5, 0.6) is 0 Å². The molecule has 1 N–H and O–H groups in total. The van der Waals surface area contributed by atoms with Crippen LogP contribution in [0.3, 0.4) is 0 Å². The van der Waals surface area contributed by atoms with Gasteiger partial charge in [0.25, 0.3) is 11.6 Å². The average molecular weight is 359 g/mol. The summed E-state index contributed by atoms with van der Waals surface area (Å²) < 4.78 is 0. The van der Waals surface area contributed by atoms with Crippen molar-refractivity contribution in [3.8, 4) is 0 Å². The lowest BCUT2D eigenvalue weighted by molar-refractivity contribution is -0.384. The van der Waals surface area contributed by atoms with Gasteiger partial charge in [-0.3, -0.25) is 19.9 Å². The molecule has 1 aromatic heterocycles. The zero-order chi connectivity index (χ0) is 19.1. The predicted octanol–water partition coefficient (Wildman–Crippen LogP) is 3.85. The molecule has 1 heterocycles. The van der Waals surface area contributed by atoms with E-state index in [1.165, 1.54) is 12.1 Å². The minimum Gasteiger partial charge on any atom is -0.348 e. The van der Waals surface area contributed by atoms with E-state index in [1.54, 1.807) is 36.7 Å². The molecule has 134 valence electrons. The number of nitrogens with one attached hydrogen (secondary N) is 1. The Balaban J connectivity index is 1.90. The molecule has 2 aromatic carbocycles. The molecule has 0 radical (unpaired) electrons. The Morgan fingerprint density at radius 3 is 2.59 bits per heavy atom. The van der Waals surface area contributed by atoms with Crippen LogP contribution in [0, 0.1) is 10.1 Å². The molecule has 0 atom stereocenters. The van der Waals surface area contributed by atoms with Crippen LogP contribution in [-0.4, -0.2) is 15.8 Å². The third-order valence-corrected chi connectivity index (χ3v) is 3.90. The molecule has 0 bridgehead atoms. The first-order valence-corrected chi connectivity index (χ1v) is 8.32. The first kappa shape index (κ1) is 18.0. The second-order valence-corrected chi connectivity index (χ2v) is 5.82. The molecule has 6 heteroatoms. The van der Waals surface area contributed by atoms with Gasteiger partial charge in [0.2, 0.25) is 0 Å². The van der Waals surface area contributed by atoms with Crippen molar-refractivity contribution in [2.45, 2.75) is 6.54 Å². The van der Waals surface area contributed by atoms with Crippen molar-refractivity contribution in [2.75, 3.05) is 0 Å². The Morgan fingerprint density at radius 2 is 1.89 bits per heavy atom. The summed E-state index contributed by atoms with van der Waals surface area (Å²) in [5, 5.41) is 13.9. The van der Waals surface area contributed by atoms with E-state index < -0.39 is 4.92 Å². The van der Waals surface area contributed by atoms with Crippen molar-refractivity contribution in [2.24, 2.45) is 0 Å². The van der Waals surface area contributed by atoms with Crippen molar-refractivity contribution in [1.82, 2.24) is 10.3 Å². The van der Waals surface area contributed by atoms with Gasteiger partial charge in [-0.1, -0.05) is 48.5 Å². The van der Waals surface area contributed by atoms with Gasteiger partial charge in [0.1, 0.15) is 0 Å². The van der Waals surface area contributed by atoms with Gasteiger partial charge in [-0.05, 0) is 28.8 Å². The largest absolute Gasteiger partial charge is 0.348 e. The summed E-state index contributed by atoms with van der Waals surface area (Å²) >= 11 is 0. The molecule has 0 aliphatic heterocycles. The van der Waals surface area contributed by atoms with Crippen LogP contribution in [0.2, 0.25) is 0 Å². The number of amides is 1. The highest BCUT2D eigenvalue weighted by Crippen LogP contribution is 2.21. The molecule has 0 fully saturated rings. The van der Waals surface area contributed by atoms with Crippen LogP contribution in [0.1, 0.15) is 16.7 Å². The first-order chi connectivity index (χ1) is 13.1. The van der Waals surface area contributed by atoms with Gasteiger partial charge < -0.3 is 5.32 Å². The van der Waals surface area contributed by atoms with Gasteiger partial charge in [-0.15, -0.1) is 0 Å². The Labute approximate surface area is 156 Å². The lowest BCUT2D eigenvalue weighted by atomic mass is 10.0. The Morgan fingerprint density at radius 1 is 1.07 bits per heavy atom. The van der Waals surface area contributed by atoms with Crippen molar-refractivity contribution < 1.29 is 9.72 Å². The van der Waals surface area contributed by atoms with Crippen molar-refractivity contribution in [1.29, 1.82) is 0 Å². The maximum Gasteiger partial charge on any atom is 0.270 e. The Hall–Kier alpha value is -3.80.